The van der Waals surface area contributed by atoms with Crippen molar-refractivity contribution in [3.63, 3.8) is 0 Å². The van der Waals surface area contributed by atoms with Crippen molar-refractivity contribution in [3.8, 4) is 0 Å². The van der Waals surface area contributed by atoms with Crippen LogP contribution in [0.15, 0.2) is 59.9 Å². The molecule has 0 aromatic rings. The number of aliphatic hydroxyl groups is 1. The summed E-state index contributed by atoms with van der Waals surface area (Å²) in [6, 6.07) is 0. The summed E-state index contributed by atoms with van der Waals surface area (Å²) < 4.78 is 0. The summed E-state index contributed by atoms with van der Waals surface area (Å²) in [7, 11) is 0. The van der Waals surface area contributed by atoms with Gasteiger partial charge in [0, 0.05) is 11.0 Å². The van der Waals surface area contributed by atoms with E-state index in [9.17, 15) is 5.11 Å². The van der Waals surface area contributed by atoms with Crippen LogP contribution in [0.4, 0.5) is 0 Å². The largest absolute Gasteiger partial charge is 0.515 e. The minimum Gasteiger partial charge on any atom is -0.515 e. The molecule has 17 heavy (non-hydrogen) atoms. The van der Waals surface area contributed by atoms with Gasteiger partial charge < -0.3 is 5.11 Å². The van der Waals surface area contributed by atoms with E-state index in [2.05, 4.69) is 57.2 Å². The van der Waals surface area contributed by atoms with Crippen molar-refractivity contribution in [3.05, 3.63) is 59.9 Å². The van der Waals surface area contributed by atoms with Crippen LogP contribution >= 0.6 is 0 Å². The van der Waals surface area contributed by atoms with E-state index in [1.807, 2.05) is 13.0 Å². The molecule has 92 valence electrons. The molecule has 0 saturated heterocycles. The van der Waals surface area contributed by atoms with E-state index in [0.717, 1.165) is 11.1 Å². The van der Waals surface area contributed by atoms with E-state index in [1.165, 1.54) is 6.26 Å². The number of rotatable bonds is 2. The molecule has 1 unspecified atom stereocenters. The van der Waals surface area contributed by atoms with Gasteiger partial charge in [-0.2, -0.15) is 0 Å². The standard InChI is InChI=1S/C16H22O/c1-5-10-16(3,4)11-14-8-6-13(2)7-9-15(14)12-17/h5-13,17H,1-4H3/b10-5-,14-11-,15-12+. The third kappa shape index (κ3) is 4.10. The predicted molar refractivity (Wildman–Crippen MR) is 74.8 cm³/mol. The van der Waals surface area contributed by atoms with Crippen molar-refractivity contribution in [1.82, 2.24) is 0 Å². The smallest absolute Gasteiger partial charge is 0.0869 e. The molecule has 1 aliphatic carbocycles. The van der Waals surface area contributed by atoms with Gasteiger partial charge in [0.05, 0.1) is 6.26 Å². The lowest BCUT2D eigenvalue weighted by Crippen LogP contribution is -2.04. The summed E-state index contributed by atoms with van der Waals surface area (Å²) in [5.74, 6) is 0.403. The molecule has 0 aromatic carbocycles. The quantitative estimate of drug-likeness (QED) is 0.537. The molecular formula is C16H22O. The number of allylic oxidation sites excluding steroid dienone is 9. The Kier molecular flexibility index (Phi) is 4.56. The van der Waals surface area contributed by atoms with Gasteiger partial charge in [0.1, 0.15) is 0 Å². The third-order valence-corrected chi connectivity index (χ3v) is 2.75. The Morgan fingerprint density at radius 2 is 1.76 bits per heavy atom. The van der Waals surface area contributed by atoms with E-state index in [4.69, 9.17) is 0 Å². The van der Waals surface area contributed by atoms with Gasteiger partial charge >= 0.3 is 0 Å². The topological polar surface area (TPSA) is 20.2 Å². The van der Waals surface area contributed by atoms with E-state index in [-0.39, 0.29) is 5.41 Å². The molecule has 1 atom stereocenters. The first-order chi connectivity index (χ1) is 7.98. The van der Waals surface area contributed by atoms with Gasteiger partial charge in [-0.1, -0.05) is 63.3 Å². The van der Waals surface area contributed by atoms with Gasteiger partial charge in [0.15, 0.2) is 0 Å². The summed E-state index contributed by atoms with van der Waals surface area (Å²) in [5.41, 5.74) is 1.92. The van der Waals surface area contributed by atoms with Crippen molar-refractivity contribution in [2.75, 3.05) is 0 Å². The van der Waals surface area contributed by atoms with Crippen LogP contribution in [0.1, 0.15) is 27.7 Å². The molecule has 0 bridgehead atoms. The van der Waals surface area contributed by atoms with E-state index in [1.54, 1.807) is 0 Å². The first-order valence-electron chi connectivity index (χ1n) is 6.06. The normalized spacial score (nSPS) is 26.0. The molecule has 1 aliphatic rings. The zero-order valence-corrected chi connectivity index (χ0v) is 11.1. The molecular weight excluding hydrogens is 208 g/mol. The van der Waals surface area contributed by atoms with E-state index in [0.29, 0.717) is 5.92 Å². The molecule has 1 nitrogen and oxygen atoms in total. The lowest BCUT2D eigenvalue weighted by molar-refractivity contribution is 0.470. The summed E-state index contributed by atoms with van der Waals surface area (Å²) >= 11 is 0. The molecule has 0 aromatic heterocycles. The maximum absolute atomic E-state index is 9.29. The molecule has 0 saturated carbocycles. The van der Waals surface area contributed by atoms with E-state index < -0.39 is 0 Å². The zero-order chi connectivity index (χ0) is 12.9. The summed E-state index contributed by atoms with van der Waals surface area (Å²) in [5, 5.41) is 9.29. The Morgan fingerprint density at radius 1 is 1.18 bits per heavy atom. The second-order valence-corrected chi connectivity index (χ2v) is 5.08. The van der Waals surface area contributed by atoms with Gasteiger partial charge in [0.2, 0.25) is 0 Å². The second-order valence-electron chi connectivity index (χ2n) is 5.08. The second kappa shape index (κ2) is 5.72. The fraction of sp³-hybridized carbons (Fsp3) is 0.375. The van der Waals surface area contributed by atoms with Crippen molar-refractivity contribution < 1.29 is 5.11 Å². The molecule has 0 radical (unpaired) electrons. The van der Waals surface area contributed by atoms with Crippen LogP contribution in [0.2, 0.25) is 0 Å². The molecule has 1 rings (SSSR count). The maximum Gasteiger partial charge on any atom is 0.0869 e. The van der Waals surface area contributed by atoms with Crippen LogP contribution in [-0.4, -0.2) is 5.11 Å². The third-order valence-electron chi connectivity index (χ3n) is 2.75. The summed E-state index contributed by atoms with van der Waals surface area (Å²) in [4.78, 5) is 0. The molecule has 0 fully saturated rings. The van der Waals surface area contributed by atoms with Crippen molar-refractivity contribution >= 4 is 0 Å². The fourth-order valence-corrected chi connectivity index (χ4v) is 1.89. The highest BCUT2D eigenvalue weighted by Gasteiger charge is 2.13. The highest BCUT2D eigenvalue weighted by molar-refractivity contribution is 5.48. The molecule has 0 amide bonds. The average molecular weight is 230 g/mol. The molecule has 0 spiro atoms. The average Bonchev–Trinajstić information content (AvgIpc) is 2.41. The van der Waals surface area contributed by atoms with Crippen LogP contribution in [0.5, 0.6) is 0 Å². The molecule has 1 heteroatoms. The predicted octanol–water partition coefficient (Wildman–Crippen LogP) is 4.72. The van der Waals surface area contributed by atoms with Gasteiger partial charge in [-0.25, -0.2) is 0 Å². The first kappa shape index (κ1) is 13.6. The summed E-state index contributed by atoms with van der Waals surface area (Å²) in [6.07, 6.45) is 15.8. The Balaban J connectivity index is 3.14. The van der Waals surface area contributed by atoms with Gasteiger partial charge in [-0.05, 0) is 18.4 Å². The van der Waals surface area contributed by atoms with Crippen LogP contribution in [0.25, 0.3) is 0 Å². The minimum absolute atomic E-state index is 0.00982. The lowest BCUT2D eigenvalue weighted by Gasteiger charge is -2.16. The number of aliphatic hydroxyl groups excluding tert-OH is 1. The van der Waals surface area contributed by atoms with Gasteiger partial charge in [0.25, 0.3) is 0 Å². The molecule has 1 N–H and O–H groups in total. The number of hydrogen-bond donors (Lipinski definition) is 1. The van der Waals surface area contributed by atoms with Crippen LogP contribution in [0.3, 0.4) is 0 Å². The van der Waals surface area contributed by atoms with Crippen molar-refractivity contribution in [2.24, 2.45) is 11.3 Å². The lowest BCUT2D eigenvalue weighted by atomic mass is 9.88. The Hall–Kier alpha value is -1.50. The fourth-order valence-electron chi connectivity index (χ4n) is 1.89. The van der Waals surface area contributed by atoms with Crippen LogP contribution < -0.4 is 0 Å². The van der Waals surface area contributed by atoms with Crippen molar-refractivity contribution in [2.45, 2.75) is 27.7 Å². The van der Waals surface area contributed by atoms with Gasteiger partial charge in [-0.15, -0.1) is 0 Å². The van der Waals surface area contributed by atoms with E-state index >= 15 is 0 Å². The Morgan fingerprint density at radius 3 is 2.29 bits per heavy atom. The maximum atomic E-state index is 9.29. The monoisotopic (exact) mass is 230 g/mol. The zero-order valence-electron chi connectivity index (χ0n) is 11.1. The first-order valence-corrected chi connectivity index (χ1v) is 6.06. The molecule has 0 aliphatic heterocycles. The van der Waals surface area contributed by atoms with Crippen LogP contribution in [0, 0.1) is 11.3 Å². The van der Waals surface area contributed by atoms with Gasteiger partial charge in [-0.3, -0.25) is 0 Å². The highest BCUT2D eigenvalue weighted by Crippen LogP contribution is 2.27. The Labute approximate surface area is 105 Å². The number of hydrogen-bond acceptors (Lipinski definition) is 1. The SMILES string of the molecule is C/C=C\C(C)(C)/C=C1/C=CC(C)C=C/C1=C\O. The molecule has 0 heterocycles. The highest BCUT2D eigenvalue weighted by atomic mass is 16.2. The van der Waals surface area contributed by atoms with Crippen LogP contribution in [-0.2, 0) is 0 Å². The summed E-state index contributed by atoms with van der Waals surface area (Å²) in [6.45, 7) is 8.46. The van der Waals surface area contributed by atoms with Crippen molar-refractivity contribution in [1.29, 1.82) is 0 Å². The Bertz CT molecular complexity index is 403. The minimum atomic E-state index is -0.00982.